The molecule has 0 aliphatic rings. The van der Waals surface area contributed by atoms with E-state index >= 15 is 0 Å². The van der Waals surface area contributed by atoms with Crippen molar-refractivity contribution in [3.05, 3.63) is 58.7 Å². The molecule has 0 spiro atoms. The number of benzene rings is 1. The first-order valence-electron chi connectivity index (χ1n) is 4.88. The van der Waals surface area contributed by atoms with Crippen LogP contribution >= 0.6 is 43.5 Å². The van der Waals surface area contributed by atoms with Crippen LogP contribution < -0.4 is 11.2 Å². The topological polar surface area (TPSA) is 54.9 Å². The van der Waals surface area contributed by atoms with Crippen molar-refractivity contribution in [2.45, 2.75) is 6.92 Å². The van der Waals surface area contributed by atoms with E-state index in [9.17, 15) is 9.59 Å². The smallest absolute Gasteiger partial charge is 0.297 e. The Morgan fingerprint density at radius 1 is 1.28 bits per heavy atom. The molecule has 2 rings (SSSR count). The van der Waals surface area contributed by atoms with Gasteiger partial charge < -0.3 is 0 Å². The Morgan fingerprint density at radius 3 is 2.56 bits per heavy atom. The maximum atomic E-state index is 12.1. The molecular weight excluding hydrogens is 387 g/mol. The fraction of sp³-hybridized carbons (Fsp3) is 0.0909. The van der Waals surface area contributed by atoms with Crippen molar-refractivity contribution in [2.24, 2.45) is 0 Å². The summed E-state index contributed by atoms with van der Waals surface area (Å²) in [6, 6.07) is 5.17. The fourth-order valence-electron chi connectivity index (χ4n) is 1.48. The van der Waals surface area contributed by atoms with Gasteiger partial charge in [-0.05, 0) is 41.1 Å². The Morgan fingerprint density at radius 2 is 1.94 bits per heavy atom. The zero-order valence-corrected chi connectivity index (χ0v) is 13.1. The van der Waals surface area contributed by atoms with Crippen LogP contribution in [0.5, 0.6) is 0 Å². The molecule has 2 aromatic rings. The molecule has 18 heavy (non-hydrogen) atoms. The molecule has 0 aliphatic carbocycles. The minimum atomic E-state index is -0.571. The van der Waals surface area contributed by atoms with Gasteiger partial charge in [0.25, 0.3) is 5.56 Å². The number of hydrogen-bond donors (Lipinski definition) is 1. The molecule has 4 nitrogen and oxygen atoms in total. The lowest BCUT2D eigenvalue weighted by molar-refractivity contribution is 0.856. The predicted octanol–water partition coefficient (Wildman–Crippen LogP) is 3.01. The average molecular weight is 394 g/mol. The summed E-state index contributed by atoms with van der Waals surface area (Å²) in [6.07, 6.45) is 0. The van der Waals surface area contributed by atoms with Crippen molar-refractivity contribution in [1.82, 2.24) is 9.55 Å². The molecule has 7 heteroatoms. The molecule has 0 radical (unpaired) electrons. The number of halogens is 3. The Kier molecular flexibility index (Phi) is 3.79. The summed E-state index contributed by atoms with van der Waals surface area (Å²) in [4.78, 5) is 26.3. The standard InChI is InChI=1S/C11H7Br2ClN2O2/c1-5-9(14)15-11(18)16(10(5)17)8-3-2-6(12)4-7(8)13/h2-4H,1H3,(H,15,18). The van der Waals surface area contributed by atoms with E-state index in [4.69, 9.17) is 11.6 Å². The number of nitrogens with zero attached hydrogens (tertiary/aromatic N) is 1. The van der Waals surface area contributed by atoms with Crippen LogP contribution in [0, 0.1) is 6.92 Å². The first-order chi connectivity index (χ1) is 8.41. The fourth-order valence-corrected chi connectivity index (χ4v) is 2.86. The second kappa shape index (κ2) is 5.03. The lowest BCUT2D eigenvalue weighted by Crippen LogP contribution is -2.35. The second-order valence-electron chi connectivity index (χ2n) is 3.61. The molecule has 1 heterocycles. The third kappa shape index (κ3) is 2.32. The molecule has 0 fully saturated rings. The van der Waals surface area contributed by atoms with E-state index < -0.39 is 11.2 Å². The van der Waals surface area contributed by atoms with Crippen LogP contribution in [0.25, 0.3) is 5.69 Å². The van der Waals surface area contributed by atoms with E-state index in [0.717, 1.165) is 9.04 Å². The highest BCUT2D eigenvalue weighted by atomic mass is 79.9. The van der Waals surface area contributed by atoms with Gasteiger partial charge in [0.05, 0.1) is 11.3 Å². The molecule has 1 aromatic carbocycles. The second-order valence-corrected chi connectivity index (χ2v) is 5.75. The van der Waals surface area contributed by atoms with Crippen molar-refractivity contribution >= 4 is 43.5 Å². The highest BCUT2D eigenvalue weighted by molar-refractivity contribution is 9.11. The highest BCUT2D eigenvalue weighted by Crippen LogP contribution is 2.23. The molecule has 0 aliphatic heterocycles. The molecular formula is C11H7Br2ClN2O2. The first-order valence-corrected chi connectivity index (χ1v) is 6.85. The molecule has 94 valence electrons. The summed E-state index contributed by atoms with van der Waals surface area (Å²) in [5, 5.41) is 0.0643. The molecule has 0 saturated carbocycles. The maximum absolute atomic E-state index is 12.1. The van der Waals surface area contributed by atoms with Crippen LogP contribution in [0.1, 0.15) is 5.56 Å². The number of nitrogens with one attached hydrogen (secondary N) is 1. The van der Waals surface area contributed by atoms with Gasteiger partial charge in [0.15, 0.2) is 0 Å². The van der Waals surface area contributed by atoms with Crippen molar-refractivity contribution in [1.29, 1.82) is 0 Å². The first kappa shape index (κ1) is 13.6. The summed E-state index contributed by atoms with van der Waals surface area (Å²) in [5.41, 5.74) is -0.249. The molecule has 1 aromatic heterocycles. The summed E-state index contributed by atoms with van der Waals surface area (Å²) in [7, 11) is 0. The van der Waals surface area contributed by atoms with Gasteiger partial charge in [-0.25, -0.2) is 9.36 Å². The van der Waals surface area contributed by atoms with Gasteiger partial charge in [0.1, 0.15) is 5.15 Å². The average Bonchev–Trinajstić information content (AvgIpc) is 2.29. The van der Waals surface area contributed by atoms with Crippen LogP contribution in [0.15, 0.2) is 36.7 Å². The molecule has 0 saturated heterocycles. The van der Waals surface area contributed by atoms with Crippen LogP contribution in [-0.2, 0) is 0 Å². The van der Waals surface area contributed by atoms with Crippen molar-refractivity contribution in [3.63, 3.8) is 0 Å². The minimum absolute atomic E-state index is 0.0643. The Balaban J connectivity index is 2.84. The van der Waals surface area contributed by atoms with Crippen LogP contribution in [0.3, 0.4) is 0 Å². The largest absolute Gasteiger partial charge is 0.334 e. The van der Waals surface area contributed by atoms with E-state index in [1.165, 1.54) is 0 Å². The maximum Gasteiger partial charge on any atom is 0.334 e. The number of rotatable bonds is 1. The third-order valence-corrected chi connectivity index (χ3v) is 3.93. The monoisotopic (exact) mass is 392 g/mol. The van der Waals surface area contributed by atoms with E-state index in [1.807, 2.05) is 0 Å². The summed E-state index contributed by atoms with van der Waals surface area (Å²) in [6.45, 7) is 1.56. The lowest BCUT2D eigenvalue weighted by atomic mass is 10.3. The van der Waals surface area contributed by atoms with Crippen LogP contribution in [0.4, 0.5) is 0 Å². The zero-order valence-electron chi connectivity index (χ0n) is 9.13. The molecule has 0 atom stereocenters. The van der Waals surface area contributed by atoms with Crippen molar-refractivity contribution in [2.75, 3.05) is 0 Å². The molecule has 0 bridgehead atoms. The quantitative estimate of drug-likeness (QED) is 0.756. The minimum Gasteiger partial charge on any atom is -0.297 e. The number of aromatic nitrogens is 2. The Labute approximate surface area is 124 Å². The summed E-state index contributed by atoms with van der Waals surface area (Å²) < 4.78 is 2.51. The van der Waals surface area contributed by atoms with E-state index in [1.54, 1.807) is 25.1 Å². The van der Waals surface area contributed by atoms with Crippen molar-refractivity contribution < 1.29 is 0 Å². The van der Waals surface area contributed by atoms with Gasteiger partial charge in [-0.3, -0.25) is 9.78 Å². The number of aromatic amines is 1. The molecule has 0 unspecified atom stereocenters. The van der Waals surface area contributed by atoms with Gasteiger partial charge in [0, 0.05) is 8.95 Å². The highest BCUT2D eigenvalue weighted by Gasteiger charge is 2.12. The van der Waals surface area contributed by atoms with E-state index in [-0.39, 0.29) is 5.15 Å². The van der Waals surface area contributed by atoms with Gasteiger partial charge in [-0.15, -0.1) is 0 Å². The van der Waals surface area contributed by atoms with Crippen LogP contribution in [0.2, 0.25) is 5.15 Å². The van der Waals surface area contributed by atoms with E-state index in [0.29, 0.717) is 15.7 Å². The van der Waals surface area contributed by atoms with Gasteiger partial charge in [-0.2, -0.15) is 0 Å². The SMILES string of the molecule is Cc1c(Cl)[nH]c(=O)n(-c2ccc(Br)cc2Br)c1=O. The third-order valence-electron chi connectivity index (χ3n) is 2.42. The zero-order chi connectivity index (χ0) is 13.4. The summed E-state index contributed by atoms with van der Waals surface area (Å²) in [5.74, 6) is 0. The predicted molar refractivity (Wildman–Crippen MR) is 77.8 cm³/mol. The number of hydrogen-bond acceptors (Lipinski definition) is 2. The van der Waals surface area contributed by atoms with Gasteiger partial charge in [0.2, 0.25) is 0 Å². The number of H-pyrrole nitrogens is 1. The summed E-state index contributed by atoms with van der Waals surface area (Å²) >= 11 is 12.4. The Hall–Kier alpha value is -0.850. The molecule has 1 N–H and O–H groups in total. The Bertz CT molecular complexity index is 737. The van der Waals surface area contributed by atoms with E-state index in [2.05, 4.69) is 36.8 Å². The normalized spacial score (nSPS) is 10.7. The van der Waals surface area contributed by atoms with Gasteiger partial charge in [-0.1, -0.05) is 27.5 Å². The van der Waals surface area contributed by atoms with Crippen molar-refractivity contribution in [3.8, 4) is 5.69 Å². The molecule has 0 amide bonds. The van der Waals surface area contributed by atoms with Gasteiger partial charge >= 0.3 is 5.69 Å². The van der Waals surface area contributed by atoms with Crippen LogP contribution in [-0.4, -0.2) is 9.55 Å². The lowest BCUT2D eigenvalue weighted by Gasteiger charge is -2.08.